The monoisotopic (exact) mass is 329 g/mol. The summed E-state index contributed by atoms with van der Waals surface area (Å²) in [5.74, 6) is 0. The van der Waals surface area contributed by atoms with Crippen molar-refractivity contribution in [3.63, 3.8) is 0 Å². The van der Waals surface area contributed by atoms with Gasteiger partial charge in [-0.3, -0.25) is 4.90 Å². The van der Waals surface area contributed by atoms with Crippen LogP contribution in [0.3, 0.4) is 0 Å². The van der Waals surface area contributed by atoms with Crippen molar-refractivity contribution in [1.82, 2.24) is 4.90 Å². The van der Waals surface area contributed by atoms with Crippen LogP contribution in [0.25, 0.3) is 0 Å². The molecule has 0 amide bonds. The molecule has 0 aromatic heterocycles. The number of aldehydes is 1. The van der Waals surface area contributed by atoms with E-state index in [0.717, 1.165) is 54.6 Å². The smallest absolute Gasteiger partial charge is 0.141 e. The van der Waals surface area contributed by atoms with Gasteiger partial charge in [0, 0.05) is 16.9 Å². The average molecular weight is 331 g/mol. The van der Waals surface area contributed by atoms with Crippen LogP contribution in [0.4, 0.5) is 0 Å². The Labute approximate surface area is 121 Å². The number of hydrogen-bond donors (Lipinski definition) is 0. The molecular formula is C14H17BrClNO. The SMILES string of the molecule is O=CC1c2ccc(Cl)cc2CCN1CCCCBr. The predicted octanol–water partition coefficient (Wildman–Crippen LogP) is 3.61. The predicted molar refractivity (Wildman–Crippen MR) is 78.6 cm³/mol. The van der Waals surface area contributed by atoms with E-state index < -0.39 is 0 Å². The van der Waals surface area contributed by atoms with E-state index in [1.807, 2.05) is 18.2 Å². The number of alkyl halides is 1. The van der Waals surface area contributed by atoms with Gasteiger partial charge in [0.15, 0.2) is 0 Å². The molecule has 0 radical (unpaired) electrons. The highest BCUT2D eigenvalue weighted by molar-refractivity contribution is 9.09. The molecule has 0 bridgehead atoms. The summed E-state index contributed by atoms with van der Waals surface area (Å²) < 4.78 is 0. The molecule has 1 atom stereocenters. The van der Waals surface area contributed by atoms with Gasteiger partial charge in [0.25, 0.3) is 0 Å². The third-order valence-corrected chi connectivity index (χ3v) is 4.24. The highest BCUT2D eigenvalue weighted by Crippen LogP contribution is 2.30. The number of nitrogens with zero attached hydrogens (tertiary/aromatic N) is 1. The molecule has 0 saturated heterocycles. The number of carbonyl (C=O) groups excluding carboxylic acids is 1. The number of halogens is 2. The lowest BCUT2D eigenvalue weighted by atomic mass is 9.93. The zero-order chi connectivity index (χ0) is 13.0. The molecule has 1 aromatic carbocycles. The van der Waals surface area contributed by atoms with Crippen molar-refractivity contribution in [3.05, 3.63) is 34.3 Å². The first-order chi connectivity index (χ1) is 8.76. The number of benzene rings is 1. The van der Waals surface area contributed by atoms with Gasteiger partial charge in [0.1, 0.15) is 6.29 Å². The number of hydrogen-bond acceptors (Lipinski definition) is 2. The molecule has 18 heavy (non-hydrogen) atoms. The van der Waals surface area contributed by atoms with Crippen LogP contribution in [0.1, 0.15) is 30.0 Å². The molecule has 1 aliphatic heterocycles. The molecule has 0 fully saturated rings. The summed E-state index contributed by atoms with van der Waals surface area (Å²) >= 11 is 9.44. The fourth-order valence-electron chi connectivity index (χ4n) is 2.50. The lowest BCUT2D eigenvalue weighted by molar-refractivity contribution is -0.113. The highest BCUT2D eigenvalue weighted by atomic mass is 79.9. The van der Waals surface area contributed by atoms with Gasteiger partial charge in [-0.05, 0) is 49.1 Å². The fraction of sp³-hybridized carbons (Fsp3) is 0.500. The highest BCUT2D eigenvalue weighted by Gasteiger charge is 2.26. The van der Waals surface area contributed by atoms with Crippen LogP contribution in [0.2, 0.25) is 5.02 Å². The van der Waals surface area contributed by atoms with Crippen molar-refractivity contribution in [3.8, 4) is 0 Å². The second kappa shape index (κ2) is 6.69. The van der Waals surface area contributed by atoms with Gasteiger partial charge < -0.3 is 4.79 Å². The summed E-state index contributed by atoms with van der Waals surface area (Å²) in [6, 6.07) is 5.76. The van der Waals surface area contributed by atoms with Crippen molar-refractivity contribution in [1.29, 1.82) is 0 Å². The molecule has 1 aliphatic rings. The summed E-state index contributed by atoms with van der Waals surface area (Å²) in [7, 11) is 0. The quantitative estimate of drug-likeness (QED) is 0.467. The first kappa shape index (κ1) is 14.0. The minimum atomic E-state index is -0.0960. The van der Waals surface area contributed by atoms with E-state index >= 15 is 0 Å². The van der Waals surface area contributed by atoms with E-state index in [0.29, 0.717) is 0 Å². The maximum Gasteiger partial charge on any atom is 0.141 e. The van der Waals surface area contributed by atoms with Crippen LogP contribution in [0.15, 0.2) is 18.2 Å². The van der Waals surface area contributed by atoms with Crippen LogP contribution in [0, 0.1) is 0 Å². The summed E-state index contributed by atoms with van der Waals surface area (Å²) in [4.78, 5) is 13.6. The third kappa shape index (κ3) is 3.14. The molecule has 2 rings (SSSR count). The molecule has 1 heterocycles. The van der Waals surface area contributed by atoms with E-state index in [1.165, 1.54) is 5.56 Å². The molecule has 2 nitrogen and oxygen atoms in total. The van der Waals surface area contributed by atoms with E-state index in [1.54, 1.807) is 0 Å². The molecule has 0 saturated carbocycles. The number of unbranched alkanes of at least 4 members (excludes halogenated alkanes) is 1. The first-order valence-electron chi connectivity index (χ1n) is 6.30. The van der Waals surface area contributed by atoms with Crippen LogP contribution >= 0.6 is 27.5 Å². The average Bonchev–Trinajstić information content (AvgIpc) is 2.38. The largest absolute Gasteiger partial charge is 0.301 e. The Hall–Kier alpha value is -0.380. The van der Waals surface area contributed by atoms with Crippen LogP contribution in [-0.2, 0) is 11.2 Å². The molecule has 1 aromatic rings. The normalized spacial score (nSPS) is 19.6. The number of fused-ring (bicyclic) bond motifs is 1. The Morgan fingerprint density at radius 1 is 1.44 bits per heavy atom. The summed E-state index contributed by atoms with van der Waals surface area (Å²) in [6.45, 7) is 1.93. The zero-order valence-corrected chi connectivity index (χ0v) is 12.6. The maximum absolute atomic E-state index is 11.4. The second-order valence-corrected chi connectivity index (χ2v) is 5.84. The Morgan fingerprint density at radius 3 is 3.00 bits per heavy atom. The summed E-state index contributed by atoms with van der Waals surface area (Å²) in [5, 5.41) is 1.78. The minimum absolute atomic E-state index is 0.0960. The molecule has 98 valence electrons. The summed E-state index contributed by atoms with van der Waals surface area (Å²) in [5.41, 5.74) is 2.34. The Balaban J connectivity index is 2.13. The molecule has 4 heteroatoms. The lowest BCUT2D eigenvalue weighted by Crippen LogP contribution is -2.37. The van der Waals surface area contributed by atoms with E-state index in [9.17, 15) is 4.79 Å². The fourth-order valence-corrected chi connectivity index (χ4v) is 3.09. The van der Waals surface area contributed by atoms with Gasteiger partial charge >= 0.3 is 0 Å². The van der Waals surface area contributed by atoms with Crippen molar-refractivity contribution >= 4 is 33.8 Å². The standard InChI is InChI=1S/C14H17BrClNO/c15-6-1-2-7-17-8-5-11-9-12(16)3-4-13(11)14(17)10-18/h3-4,9-10,14H,1-2,5-8H2. The number of rotatable bonds is 5. The second-order valence-electron chi connectivity index (χ2n) is 4.61. The van der Waals surface area contributed by atoms with Gasteiger partial charge in [-0.15, -0.1) is 0 Å². The molecule has 0 aliphatic carbocycles. The van der Waals surface area contributed by atoms with Gasteiger partial charge in [-0.1, -0.05) is 33.6 Å². The minimum Gasteiger partial charge on any atom is -0.301 e. The molecule has 1 unspecified atom stereocenters. The Bertz CT molecular complexity index is 424. The van der Waals surface area contributed by atoms with Gasteiger partial charge in [-0.25, -0.2) is 0 Å². The first-order valence-corrected chi connectivity index (χ1v) is 7.80. The van der Waals surface area contributed by atoms with Gasteiger partial charge in [0.05, 0.1) is 6.04 Å². The Morgan fingerprint density at radius 2 is 2.28 bits per heavy atom. The lowest BCUT2D eigenvalue weighted by Gasteiger charge is -2.34. The third-order valence-electron chi connectivity index (χ3n) is 3.44. The van der Waals surface area contributed by atoms with E-state index in [-0.39, 0.29) is 6.04 Å². The zero-order valence-electron chi connectivity index (χ0n) is 10.2. The maximum atomic E-state index is 11.4. The van der Waals surface area contributed by atoms with Crippen molar-refractivity contribution < 1.29 is 4.79 Å². The molecule has 0 N–H and O–H groups in total. The summed E-state index contributed by atoms with van der Waals surface area (Å²) in [6.07, 6.45) is 4.31. The topological polar surface area (TPSA) is 20.3 Å². The van der Waals surface area contributed by atoms with E-state index in [2.05, 4.69) is 20.8 Å². The van der Waals surface area contributed by atoms with Gasteiger partial charge in [-0.2, -0.15) is 0 Å². The van der Waals surface area contributed by atoms with Crippen LogP contribution in [0.5, 0.6) is 0 Å². The number of carbonyl (C=O) groups is 1. The van der Waals surface area contributed by atoms with E-state index in [4.69, 9.17) is 11.6 Å². The van der Waals surface area contributed by atoms with Crippen LogP contribution < -0.4 is 0 Å². The Kier molecular flexibility index (Phi) is 5.22. The van der Waals surface area contributed by atoms with Crippen molar-refractivity contribution in [2.24, 2.45) is 0 Å². The van der Waals surface area contributed by atoms with Crippen LogP contribution in [-0.4, -0.2) is 29.6 Å². The van der Waals surface area contributed by atoms with Gasteiger partial charge in [0.2, 0.25) is 0 Å². The van der Waals surface area contributed by atoms with Crippen molar-refractivity contribution in [2.75, 3.05) is 18.4 Å². The van der Waals surface area contributed by atoms with Crippen molar-refractivity contribution in [2.45, 2.75) is 25.3 Å². The molecule has 0 spiro atoms. The molecular weight excluding hydrogens is 314 g/mol.